The average molecular weight is 282 g/mol. The zero-order valence-electron chi connectivity index (χ0n) is 12.5. The smallest absolute Gasteiger partial charge is 0.128 e. The van der Waals surface area contributed by atoms with E-state index >= 15 is 0 Å². The Morgan fingerprint density at radius 2 is 1.71 bits per heavy atom. The number of hydrogen-bond donors (Lipinski definition) is 1. The molecule has 21 heavy (non-hydrogen) atoms. The zero-order chi connectivity index (χ0) is 14.7. The molecule has 0 atom stereocenters. The Kier molecular flexibility index (Phi) is 4.20. The van der Waals surface area contributed by atoms with Crippen LogP contribution in [0.15, 0.2) is 36.4 Å². The van der Waals surface area contributed by atoms with Crippen molar-refractivity contribution in [3.05, 3.63) is 58.8 Å². The van der Waals surface area contributed by atoms with Crippen molar-refractivity contribution in [2.45, 2.75) is 32.8 Å². The van der Waals surface area contributed by atoms with Crippen molar-refractivity contribution >= 4 is 5.82 Å². The van der Waals surface area contributed by atoms with Crippen molar-refractivity contribution in [2.24, 2.45) is 0 Å². The molecule has 1 aliphatic heterocycles. The molecule has 3 heteroatoms. The van der Waals surface area contributed by atoms with Crippen LogP contribution < -0.4 is 4.90 Å². The van der Waals surface area contributed by atoms with Gasteiger partial charge in [0.05, 0.1) is 12.3 Å². The molecule has 0 aliphatic carbocycles. The van der Waals surface area contributed by atoms with Gasteiger partial charge in [0.2, 0.25) is 0 Å². The second kappa shape index (κ2) is 6.27. The van der Waals surface area contributed by atoms with Crippen molar-refractivity contribution in [3.8, 4) is 0 Å². The molecule has 2 heterocycles. The van der Waals surface area contributed by atoms with Gasteiger partial charge in [-0.2, -0.15) is 0 Å². The highest BCUT2D eigenvalue weighted by Gasteiger charge is 2.15. The first-order chi connectivity index (χ1) is 10.3. The minimum atomic E-state index is 0.0189. The minimum absolute atomic E-state index is 0.0189. The predicted octanol–water partition coefficient (Wildman–Crippen LogP) is 2.74. The van der Waals surface area contributed by atoms with E-state index in [4.69, 9.17) is 0 Å². The number of aliphatic hydroxyl groups is 1. The maximum Gasteiger partial charge on any atom is 0.128 e. The van der Waals surface area contributed by atoms with Gasteiger partial charge in [-0.1, -0.05) is 37.3 Å². The van der Waals surface area contributed by atoms with Crippen molar-refractivity contribution in [3.63, 3.8) is 0 Å². The molecule has 1 aromatic carbocycles. The summed E-state index contributed by atoms with van der Waals surface area (Å²) in [7, 11) is 0. The summed E-state index contributed by atoms with van der Waals surface area (Å²) in [4.78, 5) is 7.00. The lowest BCUT2D eigenvalue weighted by Crippen LogP contribution is -2.27. The maximum atomic E-state index is 9.49. The summed E-state index contributed by atoms with van der Waals surface area (Å²) in [5, 5.41) is 9.49. The van der Waals surface area contributed by atoms with E-state index in [2.05, 4.69) is 53.2 Å². The standard InChI is InChI=1S/C18H22N2O/c1-2-14-7-8-18(19-17(14)13-21)20-11-9-15-5-3-4-6-16(15)10-12-20/h3-8,21H,2,9-13H2,1H3. The van der Waals surface area contributed by atoms with Gasteiger partial charge in [-0.25, -0.2) is 4.98 Å². The summed E-state index contributed by atoms with van der Waals surface area (Å²) < 4.78 is 0. The molecule has 3 rings (SSSR count). The molecule has 1 aromatic heterocycles. The number of pyridine rings is 1. The number of benzene rings is 1. The fourth-order valence-corrected chi connectivity index (χ4v) is 3.05. The summed E-state index contributed by atoms with van der Waals surface area (Å²) in [6, 6.07) is 12.9. The third-order valence-corrected chi connectivity index (χ3v) is 4.33. The Bertz CT molecular complexity index is 597. The van der Waals surface area contributed by atoms with Crippen LogP contribution in [-0.4, -0.2) is 23.2 Å². The van der Waals surface area contributed by atoms with E-state index in [0.717, 1.165) is 49.4 Å². The topological polar surface area (TPSA) is 36.4 Å². The van der Waals surface area contributed by atoms with Gasteiger partial charge in [0.25, 0.3) is 0 Å². The lowest BCUT2D eigenvalue weighted by atomic mass is 10.0. The molecule has 0 bridgehead atoms. The molecular formula is C18H22N2O. The van der Waals surface area contributed by atoms with E-state index in [-0.39, 0.29) is 6.61 Å². The van der Waals surface area contributed by atoms with E-state index < -0.39 is 0 Å². The third-order valence-electron chi connectivity index (χ3n) is 4.33. The molecule has 0 saturated carbocycles. The molecule has 0 radical (unpaired) electrons. The molecule has 0 unspecified atom stereocenters. The fourth-order valence-electron chi connectivity index (χ4n) is 3.05. The maximum absolute atomic E-state index is 9.49. The van der Waals surface area contributed by atoms with E-state index in [1.54, 1.807) is 0 Å². The fraction of sp³-hybridized carbons (Fsp3) is 0.389. The second-order valence-corrected chi connectivity index (χ2v) is 5.54. The van der Waals surface area contributed by atoms with Gasteiger partial charge in [0.15, 0.2) is 0 Å². The van der Waals surface area contributed by atoms with Gasteiger partial charge >= 0.3 is 0 Å². The second-order valence-electron chi connectivity index (χ2n) is 5.54. The molecule has 110 valence electrons. The number of aryl methyl sites for hydroxylation is 1. The van der Waals surface area contributed by atoms with Gasteiger partial charge in [-0.05, 0) is 42.0 Å². The summed E-state index contributed by atoms with van der Waals surface area (Å²) in [6.45, 7) is 4.09. The van der Waals surface area contributed by atoms with Crippen LogP contribution in [-0.2, 0) is 25.9 Å². The van der Waals surface area contributed by atoms with E-state index in [1.807, 2.05) is 0 Å². The van der Waals surface area contributed by atoms with Crippen molar-refractivity contribution in [1.82, 2.24) is 4.98 Å². The minimum Gasteiger partial charge on any atom is -0.390 e. The highest BCUT2D eigenvalue weighted by Crippen LogP contribution is 2.21. The van der Waals surface area contributed by atoms with E-state index in [0.29, 0.717) is 0 Å². The van der Waals surface area contributed by atoms with Crippen LogP contribution in [0.2, 0.25) is 0 Å². The summed E-state index contributed by atoms with van der Waals surface area (Å²) in [6.07, 6.45) is 3.03. The Morgan fingerprint density at radius 3 is 2.29 bits per heavy atom. The van der Waals surface area contributed by atoms with Crippen LogP contribution in [0, 0.1) is 0 Å². The number of fused-ring (bicyclic) bond motifs is 1. The molecule has 0 fully saturated rings. The molecular weight excluding hydrogens is 260 g/mol. The van der Waals surface area contributed by atoms with Gasteiger partial charge in [0, 0.05) is 13.1 Å². The Balaban J connectivity index is 1.82. The molecule has 3 nitrogen and oxygen atoms in total. The largest absolute Gasteiger partial charge is 0.390 e. The Morgan fingerprint density at radius 1 is 1.05 bits per heavy atom. The normalized spacial score (nSPS) is 14.7. The molecule has 0 saturated heterocycles. The van der Waals surface area contributed by atoms with Crippen molar-refractivity contribution in [1.29, 1.82) is 0 Å². The van der Waals surface area contributed by atoms with E-state index in [1.165, 1.54) is 11.1 Å². The molecule has 2 aromatic rings. The predicted molar refractivity (Wildman–Crippen MR) is 85.6 cm³/mol. The number of rotatable bonds is 3. The first-order valence-corrected chi connectivity index (χ1v) is 7.73. The Labute approximate surface area is 126 Å². The number of aliphatic hydroxyl groups excluding tert-OH is 1. The summed E-state index contributed by atoms with van der Waals surface area (Å²) in [5.74, 6) is 0.990. The number of anilines is 1. The monoisotopic (exact) mass is 282 g/mol. The van der Waals surface area contributed by atoms with Crippen LogP contribution in [0.25, 0.3) is 0 Å². The number of nitrogens with zero attached hydrogens (tertiary/aromatic N) is 2. The van der Waals surface area contributed by atoms with Gasteiger partial charge in [-0.3, -0.25) is 0 Å². The Hall–Kier alpha value is -1.87. The highest BCUT2D eigenvalue weighted by molar-refractivity contribution is 5.44. The number of hydrogen-bond acceptors (Lipinski definition) is 3. The third kappa shape index (κ3) is 2.93. The van der Waals surface area contributed by atoms with Crippen LogP contribution in [0.5, 0.6) is 0 Å². The molecule has 0 amide bonds. The average Bonchev–Trinajstić information content (AvgIpc) is 2.77. The molecule has 0 spiro atoms. The highest BCUT2D eigenvalue weighted by atomic mass is 16.3. The first-order valence-electron chi connectivity index (χ1n) is 7.73. The first kappa shape index (κ1) is 14.1. The van der Waals surface area contributed by atoms with Gasteiger partial charge in [0.1, 0.15) is 5.82 Å². The lowest BCUT2D eigenvalue weighted by Gasteiger charge is -2.22. The number of aromatic nitrogens is 1. The van der Waals surface area contributed by atoms with Crippen LogP contribution >= 0.6 is 0 Å². The van der Waals surface area contributed by atoms with Crippen molar-refractivity contribution < 1.29 is 5.11 Å². The summed E-state index contributed by atoms with van der Waals surface area (Å²) >= 11 is 0. The van der Waals surface area contributed by atoms with Crippen molar-refractivity contribution in [2.75, 3.05) is 18.0 Å². The van der Waals surface area contributed by atoms with Crippen LogP contribution in [0.4, 0.5) is 5.82 Å². The molecule has 1 aliphatic rings. The quantitative estimate of drug-likeness (QED) is 0.940. The molecule has 1 N–H and O–H groups in total. The van der Waals surface area contributed by atoms with E-state index in [9.17, 15) is 5.11 Å². The van der Waals surface area contributed by atoms with Gasteiger partial charge in [-0.15, -0.1) is 0 Å². The summed E-state index contributed by atoms with van der Waals surface area (Å²) in [5.41, 5.74) is 4.86. The lowest BCUT2D eigenvalue weighted by molar-refractivity contribution is 0.275. The van der Waals surface area contributed by atoms with Crippen LogP contribution in [0.3, 0.4) is 0 Å². The van der Waals surface area contributed by atoms with Gasteiger partial charge < -0.3 is 10.0 Å². The van der Waals surface area contributed by atoms with Crippen LogP contribution in [0.1, 0.15) is 29.3 Å². The SMILES string of the molecule is CCc1ccc(N2CCc3ccccc3CC2)nc1CO. The zero-order valence-corrected chi connectivity index (χ0v) is 12.5.